The number of fused-ring (bicyclic) bond motifs is 1. The molecule has 0 unspecified atom stereocenters. The van der Waals surface area contributed by atoms with Crippen LogP contribution >= 0.6 is 0 Å². The molecule has 1 amide bonds. The van der Waals surface area contributed by atoms with Crippen molar-refractivity contribution in [2.45, 2.75) is 19.3 Å². The molecule has 30 heavy (non-hydrogen) atoms. The van der Waals surface area contributed by atoms with Gasteiger partial charge in [-0.2, -0.15) is 5.10 Å². The number of nitrogens with zero attached hydrogens (tertiary/aromatic N) is 3. The summed E-state index contributed by atoms with van der Waals surface area (Å²) in [6, 6.07) is 11.3. The summed E-state index contributed by atoms with van der Waals surface area (Å²) in [5.74, 6) is 0.412. The van der Waals surface area contributed by atoms with Gasteiger partial charge in [-0.25, -0.2) is 0 Å². The van der Waals surface area contributed by atoms with Crippen molar-refractivity contribution in [3.8, 4) is 5.75 Å². The molecular weight excluding hydrogens is 380 g/mol. The van der Waals surface area contributed by atoms with Gasteiger partial charge in [-0.05, 0) is 55.5 Å². The standard InChI is InChI=1S/C23H26N4O3/c1-26(16-4-6-17(7-5-16)27-8-10-30-11-9-27)23(29)19-13-18-20(12-15-2-3-15)24-25-21(18)14-22(19)28/h4-7,13-15,28H,2-3,8-12H2,1H3,(H,24,25). The van der Waals surface area contributed by atoms with Crippen molar-refractivity contribution in [1.29, 1.82) is 0 Å². The van der Waals surface area contributed by atoms with Crippen LogP contribution in [0.2, 0.25) is 0 Å². The molecule has 1 saturated carbocycles. The maximum absolute atomic E-state index is 13.2. The molecule has 1 aliphatic carbocycles. The van der Waals surface area contributed by atoms with E-state index in [0.717, 1.165) is 60.7 Å². The second-order valence-electron chi connectivity index (χ2n) is 8.21. The van der Waals surface area contributed by atoms with Crippen LogP contribution in [0.4, 0.5) is 11.4 Å². The molecule has 0 radical (unpaired) electrons. The quantitative estimate of drug-likeness (QED) is 0.679. The SMILES string of the molecule is CN(C(=O)c1cc2c(CC3CC3)n[nH]c2cc1O)c1ccc(N2CCOCC2)cc1. The van der Waals surface area contributed by atoms with Gasteiger partial charge in [-0.1, -0.05) is 0 Å². The molecule has 5 rings (SSSR count). The lowest BCUT2D eigenvalue weighted by Crippen LogP contribution is -2.36. The fourth-order valence-electron chi connectivity index (χ4n) is 4.04. The van der Waals surface area contributed by atoms with Crippen molar-refractivity contribution in [1.82, 2.24) is 10.2 Å². The summed E-state index contributed by atoms with van der Waals surface area (Å²) >= 11 is 0. The Bertz CT molecular complexity index is 1070. The van der Waals surface area contributed by atoms with Crippen molar-refractivity contribution >= 4 is 28.2 Å². The second kappa shape index (κ2) is 7.65. The Morgan fingerprint density at radius 2 is 1.97 bits per heavy atom. The molecule has 156 valence electrons. The van der Waals surface area contributed by atoms with Crippen molar-refractivity contribution in [2.75, 3.05) is 43.2 Å². The van der Waals surface area contributed by atoms with Gasteiger partial charge in [0.2, 0.25) is 0 Å². The summed E-state index contributed by atoms with van der Waals surface area (Å²) in [7, 11) is 1.73. The maximum Gasteiger partial charge on any atom is 0.261 e. The number of amides is 1. The summed E-state index contributed by atoms with van der Waals surface area (Å²) in [6.45, 7) is 3.21. The zero-order valence-corrected chi connectivity index (χ0v) is 17.1. The minimum atomic E-state index is -0.243. The molecule has 3 aromatic rings. The van der Waals surface area contributed by atoms with E-state index in [1.165, 1.54) is 12.8 Å². The van der Waals surface area contributed by atoms with E-state index in [9.17, 15) is 9.90 Å². The van der Waals surface area contributed by atoms with Crippen LogP contribution in [0.1, 0.15) is 28.9 Å². The number of H-pyrrole nitrogens is 1. The number of hydrogen-bond acceptors (Lipinski definition) is 5. The third-order valence-corrected chi connectivity index (χ3v) is 6.09. The van der Waals surface area contributed by atoms with Crippen LogP contribution in [0, 0.1) is 5.92 Å². The first-order valence-electron chi connectivity index (χ1n) is 10.5. The Kier molecular flexibility index (Phi) is 4.83. The Balaban J connectivity index is 1.39. The van der Waals surface area contributed by atoms with Crippen LogP contribution in [0.15, 0.2) is 36.4 Å². The third kappa shape index (κ3) is 3.61. The molecular formula is C23H26N4O3. The maximum atomic E-state index is 13.2. The number of aromatic nitrogens is 2. The molecule has 1 aliphatic heterocycles. The molecule has 2 aromatic carbocycles. The molecule has 1 aromatic heterocycles. The Morgan fingerprint density at radius 1 is 1.23 bits per heavy atom. The largest absolute Gasteiger partial charge is 0.507 e. The summed E-state index contributed by atoms with van der Waals surface area (Å²) in [5, 5.41) is 18.8. The first-order chi connectivity index (χ1) is 14.6. The Hall–Kier alpha value is -3.06. The van der Waals surface area contributed by atoms with Crippen LogP contribution in [-0.4, -0.2) is 54.6 Å². The minimum absolute atomic E-state index is 0.0362. The van der Waals surface area contributed by atoms with Crippen LogP contribution < -0.4 is 9.80 Å². The van der Waals surface area contributed by atoms with E-state index in [4.69, 9.17) is 4.74 Å². The van der Waals surface area contributed by atoms with Gasteiger partial charge in [0.1, 0.15) is 5.75 Å². The van der Waals surface area contributed by atoms with E-state index < -0.39 is 0 Å². The van der Waals surface area contributed by atoms with E-state index in [-0.39, 0.29) is 11.7 Å². The van der Waals surface area contributed by atoms with Crippen molar-refractivity contribution in [3.05, 3.63) is 47.7 Å². The lowest BCUT2D eigenvalue weighted by Gasteiger charge is -2.29. The minimum Gasteiger partial charge on any atom is -0.507 e. The number of hydrogen-bond donors (Lipinski definition) is 2. The van der Waals surface area contributed by atoms with E-state index >= 15 is 0 Å². The Labute approximate surface area is 175 Å². The number of anilines is 2. The number of phenolic OH excluding ortho intramolecular Hbond substituents is 1. The van der Waals surface area contributed by atoms with Gasteiger partial charge >= 0.3 is 0 Å². The monoisotopic (exact) mass is 406 g/mol. The normalized spacial score (nSPS) is 16.8. The second-order valence-corrected chi connectivity index (χ2v) is 8.21. The zero-order valence-electron chi connectivity index (χ0n) is 17.1. The Morgan fingerprint density at radius 3 is 2.67 bits per heavy atom. The van der Waals surface area contributed by atoms with E-state index in [0.29, 0.717) is 11.5 Å². The average Bonchev–Trinajstić information content (AvgIpc) is 3.52. The predicted molar refractivity (Wildman–Crippen MR) is 116 cm³/mol. The number of carbonyl (C=O) groups is 1. The molecule has 0 atom stereocenters. The highest BCUT2D eigenvalue weighted by Crippen LogP contribution is 2.35. The summed E-state index contributed by atoms with van der Waals surface area (Å²) in [6.07, 6.45) is 3.39. The van der Waals surface area contributed by atoms with E-state index in [2.05, 4.69) is 15.1 Å². The van der Waals surface area contributed by atoms with Crippen molar-refractivity contribution < 1.29 is 14.6 Å². The molecule has 0 bridgehead atoms. The number of aromatic hydroxyl groups is 1. The van der Waals surface area contributed by atoms with Gasteiger partial charge in [0.25, 0.3) is 5.91 Å². The fourth-order valence-corrected chi connectivity index (χ4v) is 4.04. The van der Waals surface area contributed by atoms with Gasteiger partial charge in [0.05, 0.1) is 30.0 Å². The van der Waals surface area contributed by atoms with Crippen LogP contribution in [-0.2, 0) is 11.2 Å². The highest BCUT2D eigenvalue weighted by Gasteiger charge is 2.25. The highest BCUT2D eigenvalue weighted by atomic mass is 16.5. The lowest BCUT2D eigenvalue weighted by atomic mass is 10.1. The number of aromatic amines is 1. The number of nitrogens with one attached hydrogen (secondary N) is 1. The van der Waals surface area contributed by atoms with Crippen LogP contribution in [0.3, 0.4) is 0 Å². The smallest absolute Gasteiger partial charge is 0.261 e. The molecule has 2 heterocycles. The predicted octanol–water partition coefficient (Wildman–Crippen LogP) is 3.33. The number of morpholine rings is 1. The molecule has 2 fully saturated rings. The van der Waals surface area contributed by atoms with Gasteiger partial charge in [-0.3, -0.25) is 9.89 Å². The highest BCUT2D eigenvalue weighted by molar-refractivity contribution is 6.09. The average molecular weight is 406 g/mol. The molecule has 7 heteroatoms. The number of rotatable bonds is 5. The van der Waals surface area contributed by atoms with Gasteiger partial charge in [0, 0.05) is 43.0 Å². The van der Waals surface area contributed by atoms with Crippen LogP contribution in [0.25, 0.3) is 10.9 Å². The first kappa shape index (κ1) is 18.9. The number of phenols is 1. The zero-order chi connectivity index (χ0) is 20.7. The summed E-state index contributed by atoms with van der Waals surface area (Å²) in [4.78, 5) is 17.0. The number of benzene rings is 2. The fraction of sp³-hybridized carbons (Fsp3) is 0.391. The number of ether oxygens (including phenoxy) is 1. The molecule has 7 nitrogen and oxygen atoms in total. The van der Waals surface area contributed by atoms with E-state index in [1.54, 1.807) is 24.1 Å². The van der Waals surface area contributed by atoms with E-state index in [1.807, 2.05) is 24.3 Å². The molecule has 1 saturated heterocycles. The van der Waals surface area contributed by atoms with Gasteiger partial charge in [0.15, 0.2) is 0 Å². The van der Waals surface area contributed by atoms with Crippen LogP contribution in [0.5, 0.6) is 5.75 Å². The number of carbonyl (C=O) groups excluding carboxylic acids is 1. The van der Waals surface area contributed by atoms with Gasteiger partial charge in [-0.15, -0.1) is 0 Å². The van der Waals surface area contributed by atoms with Crippen molar-refractivity contribution in [3.63, 3.8) is 0 Å². The lowest BCUT2D eigenvalue weighted by molar-refractivity contribution is 0.0990. The molecule has 2 aliphatic rings. The summed E-state index contributed by atoms with van der Waals surface area (Å²) < 4.78 is 5.41. The molecule has 0 spiro atoms. The summed E-state index contributed by atoms with van der Waals surface area (Å²) in [5.41, 5.74) is 3.93. The van der Waals surface area contributed by atoms with Gasteiger partial charge < -0.3 is 19.6 Å². The van der Waals surface area contributed by atoms with Crippen molar-refractivity contribution in [2.24, 2.45) is 5.92 Å². The molecule has 2 N–H and O–H groups in total. The first-order valence-corrected chi connectivity index (χ1v) is 10.5. The topological polar surface area (TPSA) is 81.7 Å². The third-order valence-electron chi connectivity index (χ3n) is 6.09.